The average Bonchev–Trinajstić information content (AvgIpc) is 2.92. The molecule has 1 aliphatic rings. The predicted molar refractivity (Wildman–Crippen MR) is 123 cm³/mol. The highest BCUT2D eigenvalue weighted by molar-refractivity contribution is 14.1. The number of carbonyl (C=O) groups is 3. The third-order valence-electron chi connectivity index (χ3n) is 4.44. The highest BCUT2D eigenvalue weighted by Gasteiger charge is 2.36. The first-order valence-electron chi connectivity index (χ1n) is 8.74. The number of hydrogen-bond donors (Lipinski definition) is 1. The van der Waals surface area contributed by atoms with Gasteiger partial charge in [-0.1, -0.05) is 12.1 Å². The van der Waals surface area contributed by atoms with Crippen LogP contribution in [0.1, 0.15) is 16.7 Å². The molecule has 0 saturated carbocycles. The van der Waals surface area contributed by atoms with Crippen molar-refractivity contribution in [3.05, 3.63) is 61.6 Å². The van der Waals surface area contributed by atoms with Crippen LogP contribution in [0.3, 0.4) is 0 Å². The van der Waals surface area contributed by atoms with Crippen molar-refractivity contribution in [1.82, 2.24) is 4.90 Å². The van der Waals surface area contributed by atoms with Crippen LogP contribution in [0, 0.1) is 17.4 Å². The van der Waals surface area contributed by atoms with E-state index in [4.69, 9.17) is 4.74 Å². The van der Waals surface area contributed by atoms with Crippen LogP contribution in [-0.4, -0.2) is 35.6 Å². The molecule has 2 aromatic rings. The van der Waals surface area contributed by atoms with E-state index in [9.17, 15) is 14.4 Å². The quantitative estimate of drug-likeness (QED) is 0.460. The Morgan fingerprint density at radius 1 is 1.17 bits per heavy atom. The number of benzene rings is 2. The Kier molecular flexibility index (Phi) is 6.63. The molecular weight excluding hydrogens is 503 g/mol. The van der Waals surface area contributed by atoms with Crippen LogP contribution < -0.4 is 10.1 Å². The van der Waals surface area contributed by atoms with Gasteiger partial charge in [-0.2, -0.15) is 0 Å². The van der Waals surface area contributed by atoms with Gasteiger partial charge in [-0.25, -0.2) is 0 Å². The van der Waals surface area contributed by atoms with Crippen LogP contribution in [0.25, 0.3) is 6.08 Å². The number of nitrogens with one attached hydrogen (secondary N) is 1. The maximum atomic E-state index is 12.6. The van der Waals surface area contributed by atoms with Crippen molar-refractivity contribution >= 4 is 63.2 Å². The molecule has 29 heavy (non-hydrogen) atoms. The molecule has 2 aromatic carbocycles. The first kappa shape index (κ1) is 21.4. The minimum atomic E-state index is -0.471. The lowest BCUT2D eigenvalue weighted by atomic mass is 10.1. The Labute approximate surface area is 186 Å². The van der Waals surface area contributed by atoms with Gasteiger partial charge in [0.25, 0.3) is 11.1 Å². The van der Waals surface area contributed by atoms with Gasteiger partial charge in [0.1, 0.15) is 12.3 Å². The summed E-state index contributed by atoms with van der Waals surface area (Å²) < 4.78 is 6.12. The van der Waals surface area contributed by atoms with E-state index in [0.717, 1.165) is 42.7 Å². The largest absolute Gasteiger partial charge is 0.496 e. The summed E-state index contributed by atoms with van der Waals surface area (Å²) in [6, 6.07) is 11.0. The summed E-state index contributed by atoms with van der Waals surface area (Å²) in [5.41, 5.74) is 3.58. The lowest BCUT2D eigenvalue weighted by Crippen LogP contribution is -2.36. The number of ether oxygens (including phenoxy) is 1. The van der Waals surface area contributed by atoms with E-state index >= 15 is 0 Å². The number of imide groups is 1. The molecule has 0 radical (unpaired) electrons. The Hall–Kier alpha value is -2.33. The molecule has 0 aromatic heterocycles. The number of aryl methyl sites for hydroxylation is 2. The number of thioether (sulfide) groups is 1. The normalized spacial score (nSPS) is 15.2. The van der Waals surface area contributed by atoms with E-state index in [2.05, 4.69) is 27.9 Å². The predicted octanol–water partition coefficient (Wildman–Crippen LogP) is 4.59. The van der Waals surface area contributed by atoms with Gasteiger partial charge in [0, 0.05) is 5.69 Å². The van der Waals surface area contributed by atoms with Crippen molar-refractivity contribution in [2.75, 3.05) is 19.0 Å². The first-order valence-corrected chi connectivity index (χ1v) is 10.6. The second-order valence-electron chi connectivity index (χ2n) is 6.51. The molecule has 3 rings (SSSR count). The number of rotatable bonds is 5. The number of halogens is 1. The van der Waals surface area contributed by atoms with Crippen molar-refractivity contribution in [3.8, 4) is 5.75 Å². The van der Waals surface area contributed by atoms with E-state index in [1.807, 2.05) is 32.0 Å². The van der Waals surface area contributed by atoms with Gasteiger partial charge < -0.3 is 10.1 Å². The SMILES string of the molecule is COc1ccc(/C=C2\SC(=O)N(CC(=O)Nc3ccc(C)c(C)c3)C2=O)cc1I. The number of carbonyl (C=O) groups excluding carboxylic acids is 3. The molecule has 1 saturated heterocycles. The summed E-state index contributed by atoms with van der Waals surface area (Å²) in [5.74, 6) is -0.157. The monoisotopic (exact) mass is 522 g/mol. The van der Waals surface area contributed by atoms with Crippen molar-refractivity contribution in [3.63, 3.8) is 0 Å². The zero-order valence-electron chi connectivity index (χ0n) is 16.1. The number of methoxy groups -OCH3 is 1. The molecule has 1 heterocycles. The van der Waals surface area contributed by atoms with Crippen molar-refractivity contribution in [2.45, 2.75) is 13.8 Å². The highest BCUT2D eigenvalue weighted by atomic mass is 127. The van der Waals surface area contributed by atoms with Crippen LogP contribution in [0.5, 0.6) is 5.75 Å². The standard InChI is InChI=1S/C21H19IN2O4S/c1-12-4-6-15(8-13(12)2)23-19(25)11-24-20(26)18(29-21(24)27)10-14-5-7-17(28-3)16(22)9-14/h4-10H,11H2,1-3H3,(H,23,25)/b18-10-. The molecule has 150 valence electrons. The molecule has 0 atom stereocenters. The van der Waals surface area contributed by atoms with Gasteiger partial charge in [-0.05, 0) is 95.2 Å². The summed E-state index contributed by atoms with van der Waals surface area (Å²) in [7, 11) is 1.59. The molecule has 0 aliphatic carbocycles. The minimum Gasteiger partial charge on any atom is -0.496 e. The average molecular weight is 522 g/mol. The van der Waals surface area contributed by atoms with Crippen molar-refractivity contribution in [1.29, 1.82) is 0 Å². The van der Waals surface area contributed by atoms with Crippen LogP contribution in [0.4, 0.5) is 10.5 Å². The lowest BCUT2D eigenvalue weighted by molar-refractivity contribution is -0.127. The van der Waals surface area contributed by atoms with E-state index in [0.29, 0.717) is 5.69 Å². The van der Waals surface area contributed by atoms with Crippen LogP contribution >= 0.6 is 34.4 Å². The van der Waals surface area contributed by atoms with Gasteiger partial charge in [0.15, 0.2) is 0 Å². The minimum absolute atomic E-state index is 0.287. The maximum Gasteiger partial charge on any atom is 0.294 e. The fourth-order valence-electron chi connectivity index (χ4n) is 2.72. The van der Waals surface area contributed by atoms with E-state index in [1.54, 1.807) is 31.4 Å². The summed E-state index contributed by atoms with van der Waals surface area (Å²) in [6.45, 7) is 3.61. The van der Waals surface area contributed by atoms with Gasteiger partial charge in [0.05, 0.1) is 15.6 Å². The zero-order valence-corrected chi connectivity index (χ0v) is 19.1. The Bertz CT molecular complexity index is 1040. The molecule has 0 spiro atoms. The number of amides is 3. The first-order chi connectivity index (χ1) is 13.8. The lowest BCUT2D eigenvalue weighted by Gasteiger charge is -2.13. The smallest absolute Gasteiger partial charge is 0.294 e. The number of anilines is 1. The van der Waals surface area contributed by atoms with Crippen LogP contribution in [0.15, 0.2) is 41.3 Å². The molecule has 0 unspecified atom stereocenters. The van der Waals surface area contributed by atoms with Crippen molar-refractivity contribution < 1.29 is 19.1 Å². The Morgan fingerprint density at radius 3 is 2.59 bits per heavy atom. The molecule has 1 aliphatic heterocycles. The van der Waals surface area contributed by atoms with Gasteiger partial charge in [-0.15, -0.1) is 0 Å². The van der Waals surface area contributed by atoms with E-state index in [1.165, 1.54) is 0 Å². The number of nitrogens with zero attached hydrogens (tertiary/aromatic N) is 1. The molecule has 3 amide bonds. The zero-order chi connectivity index (χ0) is 21.1. The second kappa shape index (κ2) is 9.00. The van der Waals surface area contributed by atoms with Gasteiger partial charge in [0.2, 0.25) is 5.91 Å². The maximum absolute atomic E-state index is 12.6. The van der Waals surface area contributed by atoms with Crippen molar-refractivity contribution in [2.24, 2.45) is 0 Å². The highest BCUT2D eigenvalue weighted by Crippen LogP contribution is 2.33. The Morgan fingerprint density at radius 2 is 1.93 bits per heavy atom. The van der Waals surface area contributed by atoms with Crippen LogP contribution in [-0.2, 0) is 9.59 Å². The molecule has 8 heteroatoms. The van der Waals surface area contributed by atoms with Gasteiger partial charge in [-0.3, -0.25) is 19.3 Å². The third-order valence-corrected chi connectivity index (χ3v) is 6.19. The Balaban J connectivity index is 1.70. The van der Waals surface area contributed by atoms with Gasteiger partial charge >= 0.3 is 0 Å². The van der Waals surface area contributed by atoms with E-state index < -0.39 is 17.1 Å². The molecule has 1 fully saturated rings. The molecular formula is C21H19IN2O4S. The molecule has 0 bridgehead atoms. The second-order valence-corrected chi connectivity index (χ2v) is 8.66. The van der Waals surface area contributed by atoms with Crippen LogP contribution in [0.2, 0.25) is 0 Å². The molecule has 1 N–H and O–H groups in total. The summed E-state index contributed by atoms with van der Waals surface area (Å²) in [4.78, 5) is 38.5. The number of hydrogen-bond acceptors (Lipinski definition) is 5. The van der Waals surface area contributed by atoms with E-state index in [-0.39, 0.29) is 11.4 Å². The fraction of sp³-hybridized carbons (Fsp3) is 0.190. The molecule has 6 nitrogen and oxygen atoms in total. The summed E-state index contributed by atoms with van der Waals surface area (Å²) in [6.07, 6.45) is 1.65. The fourth-order valence-corrected chi connectivity index (χ4v) is 4.32. The third kappa shape index (κ3) is 4.99. The summed E-state index contributed by atoms with van der Waals surface area (Å²) >= 11 is 2.97. The topological polar surface area (TPSA) is 75.7 Å². The summed E-state index contributed by atoms with van der Waals surface area (Å²) in [5, 5.41) is 2.28.